The van der Waals surface area contributed by atoms with Crippen LogP contribution in [0.1, 0.15) is 85.5 Å². The van der Waals surface area contributed by atoms with Crippen LogP contribution >= 0.6 is 0 Å². The van der Waals surface area contributed by atoms with E-state index in [-0.39, 0.29) is 12.1 Å². The molecule has 4 nitrogen and oxygen atoms in total. The summed E-state index contributed by atoms with van der Waals surface area (Å²) in [5.41, 5.74) is 7.27. The predicted molar refractivity (Wildman–Crippen MR) is 123 cm³/mol. The molecule has 4 saturated carbocycles. The number of aliphatic hydroxyl groups is 1. The maximum Gasteiger partial charge on any atom is 0.181 e. The van der Waals surface area contributed by atoms with Crippen LogP contribution in [-0.2, 0) is 4.74 Å². The molecule has 0 radical (unpaired) electrons. The number of rotatable bonds is 0. The van der Waals surface area contributed by atoms with Crippen LogP contribution in [0.2, 0.25) is 0 Å². The summed E-state index contributed by atoms with van der Waals surface area (Å²) in [5, 5.41) is 15.3. The first-order chi connectivity index (χ1) is 14.7. The molecule has 176 valence electrons. The molecule has 0 aromatic heterocycles. The minimum absolute atomic E-state index is 0.0892. The molecule has 0 aromatic rings. The fourth-order valence-corrected chi connectivity index (χ4v) is 10.8. The van der Waals surface area contributed by atoms with Gasteiger partial charge in [0.05, 0.1) is 12.1 Å². The Bertz CT molecular complexity index is 730. The second-order valence-electron chi connectivity index (χ2n) is 13.6. The van der Waals surface area contributed by atoms with E-state index >= 15 is 0 Å². The fourth-order valence-electron chi connectivity index (χ4n) is 10.8. The average Bonchev–Trinajstić information content (AvgIpc) is 2.99. The third-order valence-electron chi connectivity index (χ3n) is 12.1. The largest absolute Gasteiger partial charge is 0.364 e. The van der Waals surface area contributed by atoms with Crippen molar-refractivity contribution >= 4 is 0 Å². The van der Waals surface area contributed by atoms with Crippen LogP contribution < -0.4 is 11.1 Å². The fraction of sp³-hybridized carbons (Fsp3) is 1.00. The van der Waals surface area contributed by atoms with Gasteiger partial charge in [0.15, 0.2) is 5.79 Å². The van der Waals surface area contributed by atoms with Gasteiger partial charge in [-0.15, -0.1) is 0 Å². The van der Waals surface area contributed by atoms with Crippen LogP contribution in [0.5, 0.6) is 0 Å². The zero-order valence-corrected chi connectivity index (χ0v) is 20.3. The second-order valence-corrected chi connectivity index (χ2v) is 13.6. The van der Waals surface area contributed by atoms with E-state index in [0.717, 1.165) is 36.6 Å². The minimum Gasteiger partial charge on any atom is -0.364 e. The number of hydrogen-bond donors (Lipinski definition) is 3. The molecule has 0 amide bonds. The molecule has 2 saturated heterocycles. The van der Waals surface area contributed by atoms with E-state index in [1.165, 1.54) is 51.4 Å². The van der Waals surface area contributed by atoms with Crippen molar-refractivity contribution in [3.05, 3.63) is 0 Å². The second kappa shape index (κ2) is 6.93. The highest BCUT2D eigenvalue weighted by molar-refractivity contribution is 5.15. The van der Waals surface area contributed by atoms with Gasteiger partial charge in [-0.25, -0.2) is 0 Å². The van der Waals surface area contributed by atoms with Crippen molar-refractivity contribution < 1.29 is 9.84 Å². The lowest BCUT2D eigenvalue weighted by atomic mass is 9.44. The summed E-state index contributed by atoms with van der Waals surface area (Å²) >= 11 is 0. The Morgan fingerprint density at radius 1 is 0.968 bits per heavy atom. The third-order valence-corrected chi connectivity index (χ3v) is 12.1. The van der Waals surface area contributed by atoms with E-state index < -0.39 is 5.79 Å². The number of hydrogen-bond acceptors (Lipinski definition) is 4. The minimum atomic E-state index is -0.968. The van der Waals surface area contributed by atoms with Crippen LogP contribution in [0, 0.1) is 52.3 Å². The van der Waals surface area contributed by atoms with Crippen molar-refractivity contribution in [2.45, 2.75) is 109 Å². The van der Waals surface area contributed by atoms with Gasteiger partial charge in [0.25, 0.3) is 0 Å². The standard InChI is InChI=1S/C27H46N2O2/c1-15-13-27(30)24(29-14-15)16(2)23-22(31-27)12-21-19-6-5-17-11-18(28)7-9-25(17,3)20(19)8-10-26(21,23)4/h15-24,29-30H,5-14,28H2,1-4H3/t15-,16+,17-,18+,19+,20-,21-,22-,23-,24-,25-,26+,27-/m1/s1. The Balaban J connectivity index is 1.30. The molecule has 0 spiro atoms. The summed E-state index contributed by atoms with van der Waals surface area (Å²) in [6.07, 6.45) is 11.5. The Hall–Kier alpha value is -0.160. The van der Waals surface area contributed by atoms with Gasteiger partial charge in [-0.3, -0.25) is 0 Å². The third kappa shape index (κ3) is 2.87. The lowest BCUT2D eigenvalue weighted by Gasteiger charge is -2.62. The number of ether oxygens (including phenoxy) is 1. The highest BCUT2D eigenvalue weighted by atomic mass is 16.6. The Morgan fingerprint density at radius 3 is 2.55 bits per heavy atom. The average molecular weight is 431 g/mol. The van der Waals surface area contributed by atoms with Crippen molar-refractivity contribution in [2.75, 3.05) is 6.54 Å². The SMILES string of the molecule is C[C@H]1CN[C@@H]2[C@@H](C)[C@@H]3[C@@H](C[C@@H]4[C@H]5CC[C@@H]6C[C@@H](N)CC[C@@]6(C)[C@@H]5CC[C@]34C)O[C@]2(O)C1. The van der Waals surface area contributed by atoms with Crippen LogP contribution in [0.4, 0.5) is 0 Å². The maximum absolute atomic E-state index is 11.6. The topological polar surface area (TPSA) is 67.5 Å². The van der Waals surface area contributed by atoms with Crippen molar-refractivity contribution in [2.24, 2.45) is 58.0 Å². The Morgan fingerprint density at radius 2 is 1.74 bits per heavy atom. The van der Waals surface area contributed by atoms with E-state index in [9.17, 15) is 5.11 Å². The van der Waals surface area contributed by atoms with E-state index in [1.54, 1.807) is 0 Å². The van der Waals surface area contributed by atoms with E-state index in [4.69, 9.17) is 10.5 Å². The molecule has 0 bridgehead atoms. The molecule has 4 heteroatoms. The van der Waals surface area contributed by atoms with Gasteiger partial charge in [0.2, 0.25) is 0 Å². The van der Waals surface area contributed by atoms with Crippen molar-refractivity contribution in [1.29, 1.82) is 0 Å². The first-order valence-corrected chi connectivity index (χ1v) is 13.5. The van der Waals surface area contributed by atoms with Crippen LogP contribution in [0.3, 0.4) is 0 Å². The molecule has 6 aliphatic rings. The number of nitrogens with one attached hydrogen (secondary N) is 1. The lowest BCUT2D eigenvalue weighted by molar-refractivity contribution is -0.310. The predicted octanol–water partition coefficient (Wildman–Crippen LogP) is 4.30. The molecule has 6 rings (SSSR count). The van der Waals surface area contributed by atoms with Gasteiger partial charge in [-0.1, -0.05) is 27.7 Å². The summed E-state index contributed by atoms with van der Waals surface area (Å²) in [6.45, 7) is 10.9. The summed E-state index contributed by atoms with van der Waals surface area (Å²) in [4.78, 5) is 0. The number of nitrogens with two attached hydrogens (primary N) is 1. The van der Waals surface area contributed by atoms with Gasteiger partial charge >= 0.3 is 0 Å². The Kier molecular flexibility index (Phi) is 4.78. The van der Waals surface area contributed by atoms with Gasteiger partial charge in [0.1, 0.15) is 0 Å². The van der Waals surface area contributed by atoms with Crippen molar-refractivity contribution in [1.82, 2.24) is 5.32 Å². The molecule has 31 heavy (non-hydrogen) atoms. The van der Waals surface area contributed by atoms with Gasteiger partial charge in [-0.05, 0) is 110 Å². The first kappa shape index (κ1) is 21.4. The molecular formula is C27H46N2O2. The van der Waals surface area contributed by atoms with E-state index in [0.29, 0.717) is 34.6 Å². The zero-order chi connectivity index (χ0) is 21.8. The highest BCUT2D eigenvalue weighted by Crippen LogP contribution is 2.69. The summed E-state index contributed by atoms with van der Waals surface area (Å²) < 4.78 is 6.70. The molecule has 6 fully saturated rings. The zero-order valence-electron chi connectivity index (χ0n) is 20.3. The Labute approximate surface area is 189 Å². The maximum atomic E-state index is 11.6. The van der Waals surface area contributed by atoms with Crippen LogP contribution in [-0.4, -0.2) is 35.6 Å². The molecule has 2 aliphatic heterocycles. The summed E-state index contributed by atoms with van der Waals surface area (Å²) in [6, 6.07) is 0.525. The summed E-state index contributed by atoms with van der Waals surface area (Å²) in [5.74, 6) is 3.88. The van der Waals surface area contributed by atoms with Crippen molar-refractivity contribution in [3.63, 3.8) is 0 Å². The van der Waals surface area contributed by atoms with Crippen LogP contribution in [0.15, 0.2) is 0 Å². The van der Waals surface area contributed by atoms with E-state index in [2.05, 4.69) is 33.0 Å². The quantitative estimate of drug-likeness (QED) is 0.536. The molecule has 0 aromatic carbocycles. The van der Waals surface area contributed by atoms with Gasteiger partial charge in [0, 0.05) is 12.5 Å². The molecule has 0 unspecified atom stereocenters. The van der Waals surface area contributed by atoms with Crippen LogP contribution in [0.25, 0.3) is 0 Å². The molecule has 13 atom stereocenters. The molecule has 2 heterocycles. The molecule has 4 N–H and O–H groups in total. The normalized spacial score (nSPS) is 63.3. The monoisotopic (exact) mass is 430 g/mol. The van der Waals surface area contributed by atoms with Gasteiger partial charge < -0.3 is 20.9 Å². The molecule has 4 aliphatic carbocycles. The van der Waals surface area contributed by atoms with Crippen molar-refractivity contribution in [3.8, 4) is 0 Å². The van der Waals surface area contributed by atoms with Gasteiger partial charge in [-0.2, -0.15) is 0 Å². The highest BCUT2D eigenvalue weighted by Gasteiger charge is 2.67. The summed E-state index contributed by atoms with van der Waals surface area (Å²) in [7, 11) is 0. The van der Waals surface area contributed by atoms with E-state index in [1.807, 2.05) is 0 Å². The lowest BCUT2D eigenvalue weighted by Crippen LogP contribution is -2.68. The number of piperidine rings is 1. The first-order valence-electron chi connectivity index (χ1n) is 13.5. The number of fused-ring (bicyclic) bond motifs is 8. The smallest absolute Gasteiger partial charge is 0.181 e. The molecular weight excluding hydrogens is 384 g/mol.